The molecule has 2 aromatic heterocycles. The fourth-order valence-electron chi connectivity index (χ4n) is 1.54. The zero-order valence-electron chi connectivity index (χ0n) is 10.9. The summed E-state index contributed by atoms with van der Waals surface area (Å²) in [6.07, 6.45) is 0. The van der Waals surface area contributed by atoms with Crippen LogP contribution in [0.25, 0.3) is 11.4 Å². The van der Waals surface area contributed by atoms with Gasteiger partial charge in [-0.05, 0) is 13.0 Å². The van der Waals surface area contributed by atoms with Crippen molar-refractivity contribution in [3.8, 4) is 11.4 Å². The van der Waals surface area contributed by atoms with Crippen LogP contribution in [0.3, 0.4) is 0 Å². The minimum Gasteiger partial charge on any atom is -0.383 e. The first-order valence-electron chi connectivity index (χ1n) is 6.01. The first-order chi connectivity index (χ1) is 9.24. The molecule has 0 unspecified atom stereocenters. The standard InChI is InChI=1S/C12H16N4O2S/c1-3-16-11(17)5-4-9(15-16)10-8-19-12(14-10)13-6-7-18-2/h4-5,8H,3,6-7H2,1-2H3,(H,13,14). The number of aryl methyl sites for hydroxylation is 1. The van der Waals surface area contributed by atoms with E-state index in [-0.39, 0.29) is 5.56 Å². The maximum atomic E-state index is 11.5. The third kappa shape index (κ3) is 3.39. The maximum absolute atomic E-state index is 11.5. The van der Waals surface area contributed by atoms with Crippen LogP contribution in [0.2, 0.25) is 0 Å². The summed E-state index contributed by atoms with van der Waals surface area (Å²) in [7, 11) is 1.66. The number of nitrogens with one attached hydrogen (secondary N) is 1. The van der Waals surface area contributed by atoms with Crippen LogP contribution in [0.1, 0.15) is 6.92 Å². The van der Waals surface area contributed by atoms with Gasteiger partial charge in [0.25, 0.3) is 5.56 Å². The molecule has 0 fully saturated rings. The summed E-state index contributed by atoms with van der Waals surface area (Å²) in [5.41, 5.74) is 1.38. The molecule has 0 aromatic carbocycles. The SMILES string of the molecule is CCn1nc(-c2csc(NCCOC)n2)ccc1=O. The van der Waals surface area contributed by atoms with E-state index in [0.29, 0.717) is 25.4 Å². The Bertz CT molecular complexity index is 593. The van der Waals surface area contributed by atoms with Gasteiger partial charge in [-0.1, -0.05) is 0 Å². The highest BCUT2D eigenvalue weighted by Crippen LogP contribution is 2.22. The van der Waals surface area contributed by atoms with E-state index in [1.54, 1.807) is 13.2 Å². The molecule has 19 heavy (non-hydrogen) atoms. The van der Waals surface area contributed by atoms with Crippen LogP contribution >= 0.6 is 11.3 Å². The average Bonchev–Trinajstić information content (AvgIpc) is 2.88. The second-order valence-electron chi connectivity index (χ2n) is 3.83. The van der Waals surface area contributed by atoms with Crippen LogP contribution in [0.15, 0.2) is 22.3 Å². The number of rotatable bonds is 6. The van der Waals surface area contributed by atoms with Gasteiger partial charge >= 0.3 is 0 Å². The molecule has 102 valence electrons. The lowest BCUT2D eigenvalue weighted by Crippen LogP contribution is -2.21. The van der Waals surface area contributed by atoms with Crippen molar-refractivity contribution < 1.29 is 4.74 Å². The molecule has 6 nitrogen and oxygen atoms in total. The summed E-state index contributed by atoms with van der Waals surface area (Å²) >= 11 is 1.51. The van der Waals surface area contributed by atoms with E-state index in [1.807, 2.05) is 12.3 Å². The number of nitrogens with zero attached hydrogens (tertiary/aromatic N) is 3. The molecule has 2 heterocycles. The second kappa shape index (κ2) is 6.44. The third-order valence-electron chi connectivity index (χ3n) is 2.52. The van der Waals surface area contributed by atoms with Gasteiger partial charge in [0.05, 0.1) is 6.61 Å². The van der Waals surface area contributed by atoms with Crippen molar-refractivity contribution in [2.24, 2.45) is 0 Å². The molecular formula is C12H16N4O2S. The molecule has 0 aliphatic carbocycles. The van der Waals surface area contributed by atoms with Crippen molar-refractivity contribution in [3.05, 3.63) is 27.9 Å². The van der Waals surface area contributed by atoms with Crippen molar-refractivity contribution in [2.45, 2.75) is 13.5 Å². The summed E-state index contributed by atoms with van der Waals surface area (Å²) in [6.45, 7) is 3.78. The third-order valence-corrected chi connectivity index (χ3v) is 3.32. The average molecular weight is 280 g/mol. The zero-order chi connectivity index (χ0) is 13.7. The zero-order valence-corrected chi connectivity index (χ0v) is 11.7. The molecule has 1 N–H and O–H groups in total. The largest absolute Gasteiger partial charge is 0.383 e. The number of hydrogen-bond acceptors (Lipinski definition) is 6. The first kappa shape index (κ1) is 13.7. The van der Waals surface area contributed by atoms with Gasteiger partial charge in [0.2, 0.25) is 0 Å². The van der Waals surface area contributed by atoms with Gasteiger partial charge in [-0.3, -0.25) is 4.79 Å². The van der Waals surface area contributed by atoms with Crippen LogP contribution < -0.4 is 10.9 Å². The number of anilines is 1. The lowest BCUT2D eigenvalue weighted by atomic mass is 10.3. The van der Waals surface area contributed by atoms with Crippen LogP contribution in [0.4, 0.5) is 5.13 Å². The Hall–Kier alpha value is -1.73. The molecular weight excluding hydrogens is 264 g/mol. The summed E-state index contributed by atoms with van der Waals surface area (Å²) in [6, 6.07) is 3.21. The van der Waals surface area contributed by atoms with E-state index >= 15 is 0 Å². The second-order valence-corrected chi connectivity index (χ2v) is 4.69. The van der Waals surface area contributed by atoms with Gasteiger partial charge < -0.3 is 10.1 Å². The highest BCUT2D eigenvalue weighted by molar-refractivity contribution is 7.14. The minimum absolute atomic E-state index is 0.0973. The van der Waals surface area contributed by atoms with E-state index in [2.05, 4.69) is 15.4 Å². The lowest BCUT2D eigenvalue weighted by molar-refractivity contribution is 0.211. The number of thiazole rings is 1. The first-order valence-corrected chi connectivity index (χ1v) is 6.89. The van der Waals surface area contributed by atoms with Crippen LogP contribution in [0.5, 0.6) is 0 Å². The summed E-state index contributed by atoms with van der Waals surface area (Å²) in [5, 5.41) is 10.2. The van der Waals surface area contributed by atoms with E-state index in [9.17, 15) is 4.79 Å². The normalized spacial score (nSPS) is 10.6. The van der Waals surface area contributed by atoms with Gasteiger partial charge in [0.1, 0.15) is 11.4 Å². The molecule has 0 radical (unpaired) electrons. The van der Waals surface area contributed by atoms with Crippen LogP contribution in [0, 0.1) is 0 Å². The predicted octanol–water partition coefficient (Wildman–Crippen LogP) is 1.44. The van der Waals surface area contributed by atoms with Crippen molar-refractivity contribution in [2.75, 3.05) is 25.6 Å². The predicted molar refractivity (Wildman–Crippen MR) is 75.6 cm³/mol. The molecule has 0 bridgehead atoms. The Morgan fingerprint density at radius 1 is 1.42 bits per heavy atom. The smallest absolute Gasteiger partial charge is 0.266 e. The Morgan fingerprint density at radius 2 is 2.26 bits per heavy atom. The molecule has 2 aromatic rings. The molecule has 0 saturated heterocycles. The summed E-state index contributed by atoms with van der Waals surface area (Å²) in [4.78, 5) is 15.9. The van der Waals surface area contributed by atoms with Gasteiger partial charge in [-0.15, -0.1) is 11.3 Å². The highest BCUT2D eigenvalue weighted by atomic mass is 32.1. The highest BCUT2D eigenvalue weighted by Gasteiger charge is 2.07. The molecule has 2 rings (SSSR count). The van der Waals surface area contributed by atoms with Gasteiger partial charge in [0.15, 0.2) is 5.13 Å². The van der Waals surface area contributed by atoms with Crippen molar-refractivity contribution in [1.82, 2.24) is 14.8 Å². The summed E-state index contributed by atoms with van der Waals surface area (Å²) in [5.74, 6) is 0. The Labute approximate surface area is 115 Å². The van der Waals surface area contributed by atoms with E-state index in [1.165, 1.54) is 22.1 Å². The van der Waals surface area contributed by atoms with Crippen LogP contribution in [-0.2, 0) is 11.3 Å². The Morgan fingerprint density at radius 3 is 3.00 bits per heavy atom. The molecule has 0 atom stereocenters. The minimum atomic E-state index is -0.0973. The van der Waals surface area contributed by atoms with Gasteiger partial charge in [-0.25, -0.2) is 9.67 Å². The fraction of sp³-hybridized carbons (Fsp3) is 0.417. The molecule has 0 amide bonds. The van der Waals surface area contributed by atoms with Gasteiger partial charge in [0, 0.05) is 31.6 Å². The number of aromatic nitrogens is 3. The van der Waals surface area contributed by atoms with Crippen molar-refractivity contribution >= 4 is 16.5 Å². The van der Waals surface area contributed by atoms with Gasteiger partial charge in [-0.2, -0.15) is 5.10 Å². The van der Waals surface area contributed by atoms with E-state index in [0.717, 1.165) is 10.8 Å². The Balaban J connectivity index is 2.16. The Kier molecular flexibility index (Phi) is 4.64. The maximum Gasteiger partial charge on any atom is 0.266 e. The number of methoxy groups -OCH3 is 1. The molecule has 0 aliphatic rings. The van der Waals surface area contributed by atoms with Crippen molar-refractivity contribution in [1.29, 1.82) is 0 Å². The topological polar surface area (TPSA) is 69.0 Å². The molecule has 0 aliphatic heterocycles. The number of hydrogen-bond donors (Lipinski definition) is 1. The monoisotopic (exact) mass is 280 g/mol. The molecule has 0 spiro atoms. The fourth-order valence-corrected chi connectivity index (χ4v) is 2.28. The number of ether oxygens (including phenoxy) is 1. The van der Waals surface area contributed by atoms with E-state index < -0.39 is 0 Å². The molecule has 0 saturated carbocycles. The van der Waals surface area contributed by atoms with Crippen molar-refractivity contribution in [3.63, 3.8) is 0 Å². The lowest BCUT2D eigenvalue weighted by Gasteiger charge is -2.02. The van der Waals surface area contributed by atoms with E-state index in [4.69, 9.17) is 4.74 Å². The van der Waals surface area contributed by atoms with Crippen LogP contribution in [-0.4, -0.2) is 35.0 Å². The summed E-state index contributed by atoms with van der Waals surface area (Å²) < 4.78 is 6.39. The molecule has 7 heteroatoms. The quantitative estimate of drug-likeness (QED) is 0.811.